The first-order valence-corrected chi connectivity index (χ1v) is 11.1. The van der Waals surface area contributed by atoms with Gasteiger partial charge in [-0.2, -0.15) is 0 Å². The van der Waals surface area contributed by atoms with Crippen molar-refractivity contribution in [3.05, 3.63) is 87.4 Å². The molecule has 4 aromatic rings. The maximum Gasteiger partial charge on any atom is 0.259 e. The average molecular weight is 428 g/mol. The molecule has 0 unspecified atom stereocenters. The molecule has 4 rings (SSSR count). The van der Waals surface area contributed by atoms with E-state index < -0.39 is 9.84 Å². The molecular formula is C21H18ClN3O3S. The van der Waals surface area contributed by atoms with Crippen LogP contribution in [0.25, 0.3) is 17.0 Å². The quantitative estimate of drug-likeness (QED) is 0.499. The molecular weight excluding hydrogens is 410 g/mol. The van der Waals surface area contributed by atoms with Crippen LogP contribution < -0.4 is 5.56 Å². The lowest BCUT2D eigenvalue weighted by atomic mass is 10.2. The van der Waals surface area contributed by atoms with E-state index in [1.54, 1.807) is 48.7 Å². The number of benzene rings is 2. The Labute approximate surface area is 172 Å². The predicted molar refractivity (Wildman–Crippen MR) is 113 cm³/mol. The van der Waals surface area contributed by atoms with Crippen molar-refractivity contribution in [2.75, 3.05) is 6.26 Å². The van der Waals surface area contributed by atoms with Gasteiger partial charge in [0.15, 0.2) is 9.84 Å². The number of aryl methyl sites for hydroxylation is 1. The summed E-state index contributed by atoms with van der Waals surface area (Å²) in [4.78, 5) is 17.4. The summed E-state index contributed by atoms with van der Waals surface area (Å²) in [7, 11) is -3.25. The monoisotopic (exact) mass is 427 g/mol. The highest BCUT2D eigenvalue weighted by Gasteiger charge is 2.13. The van der Waals surface area contributed by atoms with Crippen molar-refractivity contribution in [2.45, 2.75) is 18.4 Å². The standard InChI is InChI=1S/C21H18ClN3O3S/c1-14-11-20(26)25-13-19(16-5-7-17(22)8-6-16)23-21(25)24(14)12-15-3-9-18(10-4-15)29(2,27)28/h3-11,13H,12H2,1-2H3. The summed E-state index contributed by atoms with van der Waals surface area (Å²) in [6, 6.07) is 15.6. The Balaban J connectivity index is 1.79. The molecule has 2 heterocycles. The van der Waals surface area contributed by atoms with Crippen LogP contribution in [0.1, 0.15) is 11.3 Å². The molecule has 0 atom stereocenters. The molecule has 0 fully saturated rings. The van der Waals surface area contributed by atoms with E-state index in [9.17, 15) is 13.2 Å². The molecule has 8 heteroatoms. The third-order valence-electron chi connectivity index (χ3n) is 4.76. The summed E-state index contributed by atoms with van der Waals surface area (Å²) in [5, 5.41) is 0.630. The first-order chi connectivity index (χ1) is 13.7. The van der Waals surface area contributed by atoms with E-state index in [0.29, 0.717) is 23.0 Å². The zero-order chi connectivity index (χ0) is 20.8. The van der Waals surface area contributed by atoms with Crippen molar-refractivity contribution in [1.82, 2.24) is 14.0 Å². The van der Waals surface area contributed by atoms with Gasteiger partial charge in [-0.1, -0.05) is 35.9 Å². The molecule has 0 amide bonds. The fraction of sp³-hybridized carbons (Fsp3) is 0.143. The van der Waals surface area contributed by atoms with E-state index in [2.05, 4.69) is 4.98 Å². The first kappa shape index (κ1) is 19.4. The zero-order valence-electron chi connectivity index (χ0n) is 15.8. The first-order valence-electron chi connectivity index (χ1n) is 8.87. The number of hydrogen-bond acceptors (Lipinski definition) is 4. The fourth-order valence-electron chi connectivity index (χ4n) is 3.19. The van der Waals surface area contributed by atoms with Crippen LogP contribution in [0.15, 0.2) is 70.5 Å². The highest BCUT2D eigenvalue weighted by Crippen LogP contribution is 2.22. The Morgan fingerprint density at radius 1 is 1.03 bits per heavy atom. The molecule has 0 saturated carbocycles. The molecule has 0 spiro atoms. The van der Waals surface area contributed by atoms with Crippen LogP contribution in [0.3, 0.4) is 0 Å². The lowest BCUT2D eigenvalue weighted by Gasteiger charge is -2.12. The Bertz CT molecular complexity index is 1370. The maximum absolute atomic E-state index is 12.5. The second-order valence-corrected chi connectivity index (χ2v) is 9.38. The van der Waals surface area contributed by atoms with E-state index in [4.69, 9.17) is 11.6 Å². The number of hydrogen-bond donors (Lipinski definition) is 0. The van der Waals surface area contributed by atoms with Crippen LogP contribution in [-0.4, -0.2) is 28.6 Å². The summed E-state index contributed by atoms with van der Waals surface area (Å²) in [6.45, 7) is 2.31. The van der Waals surface area contributed by atoms with E-state index >= 15 is 0 Å². The number of nitrogens with zero attached hydrogens (tertiary/aromatic N) is 3. The maximum atomic E-state index is 12.5. The Hall–Kier alpha value is -2.90. The number of halogens is 1. The SMILES string of the molecule is Cc1cc(=O)n2cc(-c3ccc(Cl)cc3)nc2n1Cc1ccc(S(C)(=O)=O)cc1. The molecule has 0 aliphatic rings. The van der Waals surface area contributed by atoms with E-state index in [-0.39, 0.29) is 10.5 Å². The minimum absolute atomic E-state index is 0.158. The van der Waals surface area contributed by atoms with Gasteiger partial charge in [-0.25, -0.2) is 13.4 Å². The summed E-state index contributed by atoms with van der Waals surface area (Å²) in [5.74, 6) is 0.520. The summed E-state index contributed by atoms with van der Waals surface area (Å²) < 4.78 is 26.8. The van der Waals surface area contributed by atoms with Crippen molar-refractivity contribution in [2.24, 2.45) is 0 Å². The van der Waals surface area contributed by atoms with Crippen molar-refractivity contribution >= 4 is 27.2 Å². The lowest BCUT2D eigenvalue weighted by Crippen LogP contribution is -2.19. The van der Waals surface area contributed by atoms with Crippen LogP contribution in [-0.2, 0) is 16.4 Å². The molecule has 6 nitrogen and oxygen atoms in total. The number of imidazole rings is 1. The molecule has 0 N–H and O–H groups in total. The Morgan fingerprint density at radius 2 is 1.69 bits per heavy atom. The van der Waals surface area contributed by atoms with Gasteiger partial charge in [-0.05, 0) is 36.8 Å². The van der Waals surface area contributed by atoms with Crippen LogP contribution >= 0.6 is 11.6 Å². The van der Waals surface area contributed by atoms with Crippen LogP contribution in [0.5, 0.6) is 0 Å². The normalized spacial score (nSPS) is 11.8. The van der Waals surface area contributed by atoms with Gasteiger partial charge in [0.2, 0.25) is 5.78 Å². The zero-order valence-corrected chi connectivity index (χ0v) is 17.4. The van der Waals surface area contributed by atoms with Crippen LogP contribution in [0, 0.1) is 6.92 Å². The summed E-state index contributed by atoms with van der Waals surface area (Å²) in [5.41, 5.74) is 3.05. The smallest absolute Gasteiger partial charge is 0.259 e. The molecule has 0 radical (unpaired) electrons. The van der Waals surface area contributed by atoms with Gasteiger partial charge in [0.1, 0.15) is 0 Å². The number of fused-ring (bicyclic) bond motifs is 1. The van der Waals surface area contributed by atoms with Crippen molar-refractivity contribution in [3.63, 3.8) is 0 Å². The number of sulfone groups is 1. The van der Waals surface area contributed by atoms with E-state index in [1.165, 1.54) is 10.7 Å². The van der Waals surface area contributed by atoms with E-state index in [1.807, 2.05) is 23.6 Å². The minimum atomic E-state index is -3.25. The molecule has 0 bridgehead atoms. The third-order valence-corrected chi connectivity index (χ3v) is 6.14. The van der Waals surface area contributed by atoms with Crippen molar-refractivity contribution in [1.29, 1.82) is 0 Å². The molecule has 0 saturated heterocycles. The minimum Gasteiger partial charge on any atom is -0.311 e. The van der Waals surface area contributed by atoms with Gasteiger partial charge in [-0.3, -0.25) is 9.20 Å². The topological polar surface area (TPSA) is 73.4 Å². The van der Waals surface area contributed by atoms with Crippen molar-refractivity contribution in [3.8, 4) is 11.3 Å². The molecule has 148 valence electrons. The molecule has 2 aromatic heterocycles. The highest BCUT2D eigenvalue weighted by molar-refractivity contribution is 7.90. The molecule has 29 heavy (non-hydrogen) atoms. The predicted octanol–water partition coefficient (Wildman–Crippen LogP) is 3.58. The van der Waals surface area contributed by atoms with E-state index in [0.717, 1.165) is 16.8 Å². The number of aromatic nitrogens is 3. The van der Waals surface area contributed by atoms with Crippen molar-refractivity contribution < 1.29 is 8.42 Å². The second kappa shape index (κ2) is 7.17. The third kappa shape index (κ3) is 3.83. The molecule has 0 aliphatic heterocycles. The summed E-state index contributed by atoms with van der Waals surface area (Å²) in [6.07, 6.45) is 2.89. The van der Waals surface area contributed by atoms with Gasteiger partial charge >= 0.3 is 0 Å². The summed E-state index contributed by atoms with van der Waals surface area (Å²) >= 11 is 5.96. The molecule has 2 aromatic carbocycles. The average Bonchev–Trinajstić information content (AvgIpc) is 3.11. The van der Waals surface area contributed by atoms with Gasteiger partial charge in [0, 0.05) is 34.8 Å². The lowest BCUT2D eigenvalue weighted by molar-refractivity contribution is 0.602. The Morgan fingerprint density at radius 3 is 2.31 bits per heavy atom. The van der Waals surface area contributed by atoms with Gasteiger partial charge < -0.3 is 4.57 Å². The van der Waals surface area contributed by atoms with Gasteiger partial charge in [0.05, 0.1) is 17.1 Å². The van der Waals surface area contributed by atoms with Gasteiger partial charge in [0.25, 0.3) is 5.56 Å². The Kier molecular flexibility index (Phi) is 4.80. The second-order valence-electron chi connectivity index (χ2n) is 6.93. The molecule has 0 aliphatic carbocycles. The largest absolute Gasteiger partial charge is 0.311 e. The fourth-order valence-corrected chi connectivity index (χ4v) is 3.94. The van der Waals surface area contributed by atoms with Gasteiger partial charge in [-0.15, -0.1) is 0 Å². The number of rotatable bonds is 4. The van der Waals surface area contributed by atoms with Crippen LogP contribution in [0.4, 0.5) is 0 Å². The highest BCUT2D eigenvalue weighted by atomic mass is 35.5. The van der Waals surface area contributed by atoms with Crippen LogP contribution in [0.2, 0.25) is 5.02 Å².